The number of ketones is 1. The van der Waals surface area contributed by atoms with Crippen LogP contribution in [0.5, 0.6) is 40.2 Å². The first kappa shape index (κ1) is 30.2. The van der Waals surface area contributed by atoms with Crippen LogP contribution < -0.4 is 33.2 Å². The number of nitrogens with zero attached hydrogens (tertiary/aromatic N) is 1. The Kier molecular flexibility index (Phi) is 10.7. The van der Waals surface area contributed by atoms with Crippen LogP contribution in [0.2, 0.25) is 5.02 Å². The predicted octanol–water partition coefficient (Wildman–Crippen LogP) is 6.55. The van der Waals surface area contributed by atoms with E-state index in [0.717, 1.165) is 11.1 Å². The van der Waals surface area contributed by atoms with E-state index in [2.05, 4.69) is 4.99 Å². The number of ether oxygens (including phenoxy) is 7. The van der Waals surface area contributed by atoms with Gasteiger partial charge in [0.05, 0.1) is 54.8 Å². The number of methoxy groups -OCH3 is 7. The fraction of sp³-hybridized carbons (Fsp3) is 0.267. The Labute approximate surface area is 238 Å². The highest BCUT2D eigenvalue weighted by Gasteiger charge is 2.17. The lowest BCUT2D eigenvalue weighted by Gasteiger charge is -2.13. The lowest BCUT2D eigenvalue weighted by atomic mass is 10.1. The monoisotopic (exact) mass is 569 g/mol. The highest BCUT2D eigenvalue weighted by Crippen LogP contribution is 2.40. The van der Waals surface area contributed by atoms with E-state index in [4.69, 9.17) is 44.8 Å². The van der Waals surface area contributed by atoms with Crippen LogP contribution in [0.3, 0.4) is 0 Å². The van der Waals surface area contributed by atoms with Crippen molar-refractivity contribution in [1.82, 2.24) is 0 Å². The van der Waals surface area contributed by atoms with Crippen molar-refractivity contribution in [2.75, 3.05) is 49.8 Å². The number of hydrogen-bond donors (Lipinski definition) is 0. The standard InChI is InChI=1S/C30H32ClNO8/c1-34-24-14-19(15-25(35-2)29(24)39-6)9-8-18-12-21(31)28(38-5)22(13-18)32-11-10-23(33)20-16-26(36-3)30(40-7)27(17-20)37-4/h8-9,11-17H,10H2,1-7H3/b9-8-,32-11?. The number of carbonyl (C=O) groups is 1. The predicted molar refractivity (Wildman–Crippen MR) is 156 cm³/mol. The van der Waals surface area contributed by atoms with Gasteiger partial charge >= 0.3 is 0 Å². The molecule has 0 spiro atoms. The summed E-state index contributed by atoms with van der Waals surface area (Å²) in [4.78, 5) is 17.4. The second kappa shape index (κ2) is 14.1. The maximum Gasteiger partial charge on any atom is 0.203 e. The minimum absolute atomic E-state index is 0.0188. The molecule has 0 heterocycles. The van der Waals surface area contributed by atoms with Gasteiger partial charge in [-0.1, -0.05) is 23.8 Å². The normalized spacial score (nSPS) is 11.0. The summed E-state index contributed by atoms with van der Waals surface area (Å²) in [5.74, 6) is 2.98. The van der Waals surface area contributed by atoms with Crippen LogP contribution in [0, 0.1) is 0 Å². The van der Waals surface area contributed by atoms with E-state index in [1.807, 2.05) is 24.3 Å². The van der Waals surface area contributed by atoms with Crippen LogP contribution in [0.1, 0.15) is 27.9 Å². The summed E-state index contributed by atoms with van der Waals surface area (Å²) < 4.78 is 37.7. The first-order valence-corrected chi connectivity index (χ1v) is 12.4. The Bertz CT molecular complexity index is 1370. The molecule has 0 aliphatic carbocycles. The van der Waals surface area contributed by atoms with Gasteiger partial charge in [-0.25, -0.2) is 0 Å². The molecule has 0 fully saturated rings. The molecule has 212 valence electrons. The third kappa shape index (κ3) is 6.79. The molecule has 3 rings (SSSR count). The number of aliphatic imine (C=N–C) groups is 1. The fourth-order valence-electron chi connectivity index (χ4n) is 3.97. The molecule has 0 aromatic heterocycles. The van der Waals surface area contributed by atoms with E-state index >= 15 is 0 Å². The van der Waals surface area contributed by atoms with Crippen LogP contribution in [0.4, 0.5) is 5.69 Å². The first-order chi connectivity index (χ1) is 19.3. The van der Waals surface area contributed by atoms with Gasteiger partial charge < -0.3 is 33.2 Å². The van der Waals surface area contributed by atoms with Crippen molar-refractivity contribution < 1.29 is 38.0 Å². The zero-order valence-electron chi connectivity index (χ0n) is 23.5. The number of benzene rings is 3. The molecule has 0 N–H and O–H groups in total. The van der Waals surface area contributed by atoms with Crippen LogP contribution in [-0.2, 0) is 0 Å². The molecule has 0 aliphatic rings. The zero-order valence-corrected chi connectivity index (χ0v) is 24.3. The fourth-order valence-corrected chi connectivity index (χ4v) is 4.27. The first-order valence-electron chi connectivity index (χ1n) is 12.0. The quantitative estimate of drug-likeness (QED) is 0.130. The number of carbonyl (C=O) groups excluding carboxylic acids is 1. The Morgan fingerprint density at radius 3 is 1.55 bits per heavy atom. The van der Waals surface area contributed by atoms with Gasteiger partial charge in [-0.15, -0.1) is 0 Å². The van der Waals surface area contributed by atoms with E-state index in [1.54, 1.807) is 45.6 Å². The van der Waals surface area contributed by atoms with E-state index < -0.39 is 0 Å². The molecule has 0 atom stereocenters. The van der Waals surface area contributed by atoms with Gasteiger partial charge in [-0.05, 0) is 47.5 Å². The summed E-state index contributed by atoms with van der Waals surface area (Å²) in [6.07, 6.45) is 5.27. The van der Waals surface area contributed by atoms with Crippen molar-refractivity contribution in [3.05, 3.63) is 58.1 Å². The lowest BCUT2D eigenvalue weighted by Crippen LogP contribution is -2.03. The third-order valence-corrected chi connectivity index (χ3v) is 6.18. The summed E-state index contributed by atoms with van der Waals surface area (Å²) in [6, 6.07) is 10.4. The van der Waals surface area contributed by atoms with Gasteiger partial charge in [0.15, 0.2) is 34.5 Å². The molecule has 40 heavy (non-hydrogen) atoms. The van der Waals surface area contributed by atoms with Gasteiger partial charge in [0.2, 0.25) is 11.5 Å². The average Bonchev–Trinajstić information content (AvgIpc) is 2.98. The Hall–Kier alpha value is -4.37. The van der Waals surface area contributed by atoms with Crippen LogP contribution in [-0.4, -0.2) is 61.8 Å². The molecule has 0 radical (unpaired) electrons. The highest BCUT2D eigenvalue weighted by atomic mass is 35.5. The van der Waals surface area contributed by atoms with Crippen molar-refractivity contribution >= 4 is 41.4 Å². The Morgan fingerprint density at radius 2 is 1.10 bits per heavy atom. The maximum atomic E-state index is 12.9. The van der Waals surface area contributed by atoms with Crippen LogP contribution in [0.25, 0.3) is 12.2 Å². The number of halogens is 1. The third-order valence-electron chi connectivity index (χ3n) is 5.90. The van der Waals surface area contributed by atoms with Crippen molar-refractivity contribution in [2.45, 2.75) is 6.42 Å². The molecule has 3 aromatic carbocycles. The minimum atomic E-state index is -0.188. The largest absolute Gasteiger partial charge is 0.493 e. The van der Waals surface area contributed by atoms with Crippen molar-refractivity contribution in [2.24, 2.45) is 4.99 Å². The maximum absolute atomic E-state index is 12.9. The molecule has 0 bridgehead atoms. The van der Waals surface area contributed by atoms with E-state index in [9.17, 15) is 4.79 Å². The average molecular weight is 570 g/mol. The number of hydrogen-bond acceptors (Lipinski definition) is 9. The molecular weight excluding hydrogens is 538 g/mol. The van der Waals surface area contributed by atoms with Crippen LogP contribution in [0.15, 0.2) is 41.4 Å². The zero-order chi connectivity index (χ0) is 29.2. The summed E-state index contributed by atoms with van der Waals surface area (Å²) in [5, 5.41) is 0.373. The van der Waals surface area contributed by atoms with Gasteiger partial charge in [-0.2, -0.15) is 0 Å². The summed E-state index contributed by atoms with van der Waals surface area (Å²) in [6.45, 7) is 0. The Morgan fingerprint density at radius 1 is 0.650 bits per heavy atom. The second-order valence-electron chi connectivity index (χ2n) is 8.20. The number of Topliss-reactive ketones (excluding diaryl/α,β-unsaturated/α-hetero) is 1. The highest BCUT2D eigenvalue weighted by molar-refractivity contribution is 6.32. The summed E-state index contributed by atoms with van der Waals surface area (Å²) >= 11 is 6.49. The Balaban J connectivity index is 1.87. The molecule has 0 saturated carbocycles. The van der Waals surface area contributed by atoms with Crippen molar-refractivity contribution in [1.29, 1.82) is 0 Å². The van der Waals surface area contributed by atoms with Crippen molar-refractivity contribution in [3.8, 4) is 40.2 Å². The molecule has 0 amide bonds. The van der Waals surface area contributed by atoms with Gasteiger partial charge in [0.25, 0.3) is 0 Å². The summed E-state index contributed by atoms with van der Waals surface area (Å²) in [5.41, 5.74) is 2.45. The van der Waals surface area contributed by atoms with E-state index in [0.29, 0.717) is 56.5 Å². The van der Waals surface area contributed by atoms with Crippen molar-refractivity contribution in [3.63, 3.8) is 0 Å². The molecule has 3 aromatic rings. The van der Waals surface area contributed by atoms with Gasteiger partial charge in [0.1, 0.15) is 5.69 Å². The summed E-state index contributed by atoms with van der Waals surface area (Å²) in [7, 11) is 10.7. The molecule has 0 aliphatic heterocycles. The number of rotatable bonds is 13. The van der Waals surface area contributed by atoms with E-state index in [1.165, 1.54) is 34.7 Å². The SMILES string of the molecule is COc1cc(/C=C\c2cc(Cl)c(OC)c(N=CCC(=O)c3cc(OC)c(OC)c(OC)c3)c2)cc(OC)c1OC. The topological polar surface area (TPSA) is 94.0 Å². The molecule has 0 saturated heterocycles. The molecule has 9 nitrogen and oxygen atoms in total. The second-order valence-corrected chi connectivity index (χ2v) is 8.61. The smallest absolute Gasteiger partial charge is 0.203 e. The van der Waals surface area contributed by atoms with Crippen LogP contribution >= 0.6 is 11.6 Å². The minimum Gasteiger partial charge on any atom is -0.493 e. The molecule has 10 heteroatoms. The lowest BCUT2D eigenvalue weighted by molar-refractivity contribution is 0.100. The van der Waals surface area contributed by atoms with Gasteiger partial charge in [-0.3, -0.25) is 9.79 Å². The molecule has 0 unspecified atom stereocenters. The molecular formula is C30H32ClNO8. The van der Waals surface area contributed by atoms with E-state index in [-0.39, 0.29) is 12.2 Å². The van der Waals surface area contributed by atoms with Gasteiger partial charge in [0, 0.05) is 18.2 Å².